The van der Waals surface area contributed by atoms with Crippen LogP contribution in [0.25, 0.3) is 0 Å². The Bertz CT molecular complexity index is 541. The predicted octanol–water partition coefficient (Wildman–Crippen LogP) is 1.90. The van der Waals surface area contributed by atoms with Gasteiger partial charge < -0.3 is 5.11 Å². The van der Waals surface area contributed by atoms with Crippen LogP contribution in [0.15, 0.2) is 24.3 Å². The van der Waals surface area contributed by atoms with Crippen LogP contribution in [0.1, 0.15) is 24.5 Å². The molecule has 0 bridgehead atoms. The molecule has 0 amide bonds. The maximum Gasteiger partial charge on any atom is 0.416 e. The monoisotopic (exact) mass is 311 g/mol. The number of nitrogens with one attached hydrogen (secondary N) is 1. The van der Waals surface area contributed by atoms with Crippen molar-refractivity contribution in [2.45, 2.75) is 31.4 Å². The van der Waals surface area contributed by atoms with Crippen molar-refractivity contribution in [1.82, 2.24) is 4.72 Å². The molecule has 8 heteroatoms. The summed E-state index contributed by atoms with van der Waals surface area (Å²) in [5.41, 5.74) is -1.26. The number of alkyl halides is 3. The zero-order chi connectivity index (χ0) is 15.4. The van der Waals surface area contributed by atoms with Crippen molar-refractivity contribution in [2.24, 2.45) is 0 Å². The number of benzene rings is 1. The molecule has 0 fully saturated rings. The van der Waals surface area contributed by atoms with E-state index in [9.17, 15) is 21.6 Å². The number of aliphatic hydroxyl groups is 1. The molecule has 0 radical (unpaired) electrons. The Kier molecular flexibility index (Phi) is 5.55. The largest absolute Gasteiger partial charge is 0.416 e. The van der Waals surface area contributed by atoms with Crippen LogP contribution in [-0.4, -0.2) is 26.2 Å². The van der Waals surface area contributed by atoms with Gasteiger partial charge in [0.25, 0.3) is 0 Å². The van der Waals surface area contributed by atoms with E-state index in [1.807, 2.05) is 0 Å². The van der Waals surface area contributed by atoms with Crippen molar-refractivity contribution >= 4 is 10.0 Å². The first kappa shape index (κ1) is 16.9. The molecule has 0 aliphatic carbocycles. The zero-order valence-corrected chi connectivity index (χ0v) is 11.6. The second kappa shape index (κ2) is 6.55. The summed E-state index contributed by atoms with van der Waals surface area (Å²) >= 11 is 0. The van der Waals surface area contributed by atoms with Crippen molar-refractivity contribution in [3.63, 3.8) is 0 Å². The standard InChI is InChI=1S/C12H16F3NO3S/c1-9(17)6-7-16-20(18,19)8-10-4-2-3-5-11(10)12(13,14)15/h2-5,9,16-17H,6-8H2,1H3. The van der Waals surface area contributed by atoms with Gasteiger partial charge in [-0.2, -0.15) is 13.2 Å². The fourth-order valence-corrected chi connectivity index (χ4v) is 2.79. The van der Waals surface area contributed by atoms with E-state index in [0.717, 1.165) is 12.1 Å². The van der Waals surface area contributed by atoms with Crippen LogP contribution in [0.2, 0.25) is 0 Å². The second-order valence-corrected chi connectivity index (χ2v) is 6.25. The summed E-state index contributed by atoms with van der Waals surface area (Å²) in [5.74, 6) is -0.748. The number of rotatable bonds is 6. The van der Waals surface area contributed by atoms with E-state index < -0.39 is 33.6 Å². The minimum Gasteiger partial charge on any atom is -0.393 e. The third-order valence-electron chi connectivity index (χ3n) is 2.55. The van der Waals surface area contributed by atoms with Gasteiger partial charge in [-0.3, -0.25) is 0 Å². The Morgan fingerprint density at radius 3 is 2.45 bits per heavy atom. The fraction of sp³-hybridized carbons (Fsp3) is 0.500. The fourth-order valence-electron chi connectivity index (χ4n) is 1.60. The molecule has 0 spiro atoms. The summed E-state index contributed by atoms with van der Waals surface area (Å²) in [7, 11) is -3.87. The van der Waals surface area contributed by atoms with E-state index in [1.54, 1.807) is 0 Å². The first-order valence-corrected chi connectivity index (χ1v) is 7.57. The molecular formula is C12H16F3NO3S. The summed E-state index contributed by atoms with van der Waals surface area (Å²) in [6.07, 6.45) is -5.08. The van der Waals surface area contributed by atoms with Crippen molar-refractivity contribution in [3.8, 4) is 0 Å². The summed E-state index contributed by atoms with van der Waals surface area (Å²) in [4.78, 5) is 0. The highest BCUT2D eigenvalue weighted by molar-refractivity contribution is 7.88. The van der Waals surface area contributed by atoms with Crippen molar-refractivity contribution in [1.29, 1.82) is 0 Å². The highest BCUT2D eigenvalue weighted by Crippen LogP contribution is 2.32. The third-order valence-corrected chi connectivity index (χ3v) is 3.89. The van der Waals surface area contributed by atoms with Crippen molar-refractivity contribution in [3.05, 3.63) is 35.4 Å². The number of hydrogen-bond acceptors (Lipinski definition) is 3. The zero-order valence-electron chi connectivity index (χ0n) is 10.8. The minimum absolute atomic E-state index is 0.0197. The van der Waals surface area contributed by atoms with E-state index in [2.05, 4.69) is 4.72 Å². The van der Waals surface area contributed by atoms with Crippen LogP contribution in [0, 0.1) is 0 Å². The van der Waals surface area contributed by atoms with Gasteiger partial charge in [0, 0.05) is 6.54 Å². The Labute approximate surface area is 115 Å². The van der Waals surface area contributed by atoms with Gasteiger partial charge in [-0.15, -0.1) is 0 Å². The van der Waals surface area contributed by atoms with Crippen LogP contribution in [0.5, 0.6) is 0 Å². The third kappa shape index (κ3) is 5.48. The maximum absolute atomic E-state index is 12.7. The van der Waals surface area contributed by atoms with Crippen LogP contribution < -0.4 is 4.72 Å². The summed E-state index contributed by atoms with van der Waals surface area (Å²) < 4.78 is 63.8. The second-order valence-electron chi connectivity index (χ2n) is 4.45. The molecule has 0 saturated carbocycles. The van der Waals surface area contributed by atoms with Gasteiger partial charge in [-0.25, -0.2) is 13.1 Å². The van der Waals surface area contributed by atoms with Gasteiger partial charge in [-0.05, 0) is 25.0 Å². The summed E-state index contributed by atoms with van der Waals surface area (Å²) in [5, 5.41) is 9.01. The molecule has 1 atom stereocenters. The number of sulfonamides is 1. The van der Waals surface area contributed by atoms with E-state index >= 15 is 0 Å². The van der Waals surface area contributed by atoms with Gasteiger partial charge in [0.1, 0.15) is 0 Å². The normalized spacial score (nSPS) is 14.2. The summed E-state index contributed by atoms with van der Waals surface area (Å²) in [6.45, 7) is 1.47. The predicted molar refractivity (Wildman–Crippen MR) is 68.4 cm³/mol. The quantitative estimate of drug-likeness (QED) is 0.843. The maximum atomic E-state index is 12.7. The van der Waals surface area contributed by atoms with Crippen LogP contribution >= 0.6 is 0 Å². The molecule has 114 valence electrons. The lowest BCUT2D eigenvalue weighted by molar-refractivity contribution is -0.138. The molecule has 2 N–H and O–H groups in total. The molecule has 0 heterocycles. The van der Waals surface area contributed by atoms with Crippen LogP contribution in [-0.2, 0) is 22.0 Å². The SMILES string of the molecule is CC(O)CCNS(=O)(=O)Cc1ccccc1C(F)(F)F. The highest BCUT2D eigenvalue weighted by atomic mass is 32.2. The number of hydrogen-bond donors (Lipinski definition) is 2. The average Bonchev–Trinajstić information content (AvgIpc) is 2.26. The lowest BCUT2D eigenvalue weighted by Gasteiger charge is -2.13. The van der Waals surface area contributed by atoms with E-state index in [4.69, 9.17) is 5.11 Å². The number of halogens is 3. The van der Waals surface area contributed by atoms with E-state index in [0.29, 0.717) is 0 Å². The van der Waals surface area contributed by atoms with Gasteiger partial charge in [-0.1, -0.05) is 18.2 Å². The molecule has 1 aromatic rings. The van der Waals surface area contributed by atoms with Crippen molar-refractivity contribution in [2.75, 3.05) is 6.54 Å². The Hall–Kier alpha value is -1.12. The van der Waals surface area contributed by atoms with Gasteiger partial charge in [0.15, 0.2) is 0 Å². The molecule has 0 aromatic heterocycles. The lowest BCUT2D eigenvalue weighted by Crippen LogP contribution is -2.28. The lowest BCUT2D eigenvalue weighted by atomic mass is 10.1. The molecule has 1 rings (SSSR count). The Morgan fingerprint density at radius 1 is 1.30 bits per heavy atom. The van der Waals surface area contributed by atoms with Crippen LogP contribution in [0.4, 0.5) is 13.2 Å². The Balaban J connectivity index is 2.83. The first-order valence-electron chi connectivity index (χ1n) is 5.92. The van der Waals surface area contributed by atoms with E-state index in [-0.39, 0.29) is 18.5 Å². The molecular weight excluding hydrogens is 295 g/mol. The minimum atomic E-state index is -4.59. The topological polar surface area (TPSA) is 66.4 Å². The first-order chi connectivity index (χ1) is 9.12. The van der Waals surface area contributed by atoms with Crippen LogP contribution in [0.3, 0.4) is 0 Å². The number of aliphatic hydroxyl groups excluding tert-OH is 1. The smallest absolute Gasteiger partial charge is 0.393 e. The average molecular weight is 311 g/mol. The van der Waals surface area contributed by atoms with E-state index in [1.165, 1.54) is 19.1 Å². The molecule has 1 aromatic carbocycles. The van der Waals surface area contributed by atoms with Gasteiger partial charge in [0.05, 0.1) is 17.4 Å². The molecule has 0 aliphatic heterocycles. The highest BCUT2D eigenvalue weighted by Gasteiger charge is 2.33. The molecule has 0 aliphatic rings. The summed E-state index contributed by atoms with van der Waals surface area (Å²) in [6, 6.07) is 4.55. The molecule has 4 nitrogen and oxygen atoms in total. The molecule has 1 unspecified atom stereocenters. The Morgan fingerprint density at radius 2 is 1.90 bits per heavy atom. The molecule has 0 saturated heterocycles. The molecule has 20 heavy (non-hydrogen) atoms. The van der Waals surface area contributed by atoms with Gasteiger partial charge >= 0.3 is 6.18 Å². The van der Waals surface area contributed by atoms with Crippen molar-refractivity contribution < 1.29 is 26.7 Å². The van der Waals surface area contributed by atoms with Gasteiger partial charge in [0.2, 0.25) is 10.0 Å².